The molecular formula is C25H18Cl2F3N3O2. The Morgan fingerprint density at radius 2 is 1.71 bits per heavy atom. The van der Waals surface area contributed by atoms with Crippen LogP contribution in [0, 0.1) is 6.92 Å². The molecule has 180 valence electrons. The van der Waals surface area contributed by atoms with Crippen molar-refractivity contribution in [3.05, 3.63) is 116 Å². The van der Waals surface area contributed by atoms with E-state index in [2.05, 4.69) is 5.32 Å². The van der Waals surface area contributed by atoms with Gasteiger partial charge in [0.2, 0.25) is 0 Å². The van der Waals surface area contributed by atoms with Gasteiger partial charge in [0.05, 0.1) is 22.8 Å². The second-order valence-electron chi connectivity index (χ2n) is 7.87. The molecule has 4 aromatic rings. The van der Waals surface area contributed by atoms with Crippen molar-refractivity contribution in [1.82, 2.24) is 9.36 Å². The van der Waals surface area contributed by atoms with Crippen LogP contribution in [-0.2, 0) is 12.7 Å². The Labute approximate surface area is 208 Å². The zero-order valence-electron chi connectivity index (χ0n) is 18.2. The zero-order valence-corrected chi connectivity index (χ0v) is 19.7. The lowest BCUT2D eigenvalue weighted by atomic mass is 10.1. The monoisotopic (exact) mass is 519 g/mol. The molecule has 0 saturated carbocycles. The number of halogens is 5. The third kappa shape index (κ3) is 5.44. The van der Waals surface area contributed by atoms with E-state index in [0.717, 1.165) is 35.4 Å². The van der Waals surface area contributed by atoms with Crippen LogP contribution >= 0.6 is 23.2 Å². The van der Waals surface area contributed by atoms with Crippen molar-refractivity contribution in [2.24, 2.45) is 0 Å². The average Bonchev–Trinajstić information content (AvgIpc) is 3.09. The number of aromatic nitrogens is 2. The van der Waals surface area contributed by atoms with Crippen LogP contribution in [0.2, 0.25) is 10.0 Å². The molecule has 0 atom stereocenters. The summed E-state index contributed by atoms with van der Waals surface area (Å²) >= 11 is 12.4. The Morgan fingerprint density at radius 3 is 2.34 bits per heavy atom. The summed E-state index contributed by atoms with van der Waals surface area (Å²) in [6, 6.07) is 16.2. The molecule has 0 saturated heterocycles. The average molecular weight is 520 g/mol. The molecule has 0 radical (unpaired) electrons. The molecule has 1 aromatic heterocycles. The third-order valence-corrected chi connectivity index (χ3v) is 5.78. The number of alkyl halides is 3. The van der Waals surface area contributed by atoms with Crippen molar-refractivity contribution in [3.8, 4) is 5.69 Å². The first-order chi connectivity index (χ1) is 16.5. The minimum absolute atomic E-state index is 0.116. The third-order valence-electron chi connectivity index (χ3n) is 5.24. The molecule has 1 N–H and O–H groups in total. The van der Waals surface area contributed by atoms with E-state index in [0.29, 0.717) is 10.7 Å². The van der Waals surface area contributed by atoms with Crippen LogP contribution in [-0.4, -0.2) is 15.3 Å². The first kappa shape index (κ1) is 24.6. The first-order valence-electron chi connectivity index (χ1n) is 10.3. The van der Waals surface area contributed by atoms with E-state index in [9.17, 15) is 22.8 Å². The van der Waals surface area contributed by atoms with Crippen LogP contribution in [0.3, 0.4) is 0 Å². The van der Waals surface area contributed by atoms with Crippen LogP contribution in [0.4, 0.5) is 18.9 Å². The standard InChI is InChI=1S/C25H18Cl2F3N3O2/c1-15-3-2-4-16(11-15)13-32-14-20(24(35)33(32)22-10-7-18(26)12-21(22)27)23(34)31-19-8-5-17(6-9-19)25(28,29)30/h2-12,14H,13H2,1H3,(H,31,34). The van der Waals surface area contributed by atoms with Crippen molar-refractivity contribution >= 4 is 34.8 Å². The Kier molecular flexibility index (Phi) is 6.78. The molecular weight excluding hydrogens is 502 g/mol. The molecule has 0 bridgehead atoms. The summed E-state index contributed by atoms with van der Waals surface area (Å²) in [5, 5.41) is 3.06. The van der Waals surface area contributed by atoms with E-state index in [4.69, 9.17) is 23.2 Å². The summed E-state index contributed by atoms with van der Waals surface area (Å²) in [5.74, 6) is -0.767. The molecule has 3 aromatic carbocycles. The number of hydrogen-bond acceptors (Lipinski definition) is 2. The molecule has 10 heteroatoms. The predicted molar refractivity (Wildman–Crippen MR) is 130 cm³/mol. The van der Waals surface area contributed by atoms with Gasteiger partial charge in [0.1, 0.15) is 5.56 Å². The van der Waals surface area contributed by atoms with Gasteiger partial charge in [-0.15, -0.1) is 0 Å². The van der Waals surface area contributed by atoms with E-state index in [1.807, 2.05) is 31.2 Å². The van der Waals surface area contributed by atoms with Gasteiger partial charge in [-0.3, -0.25) is 14.3 Å². The fourth-order valence-corrected chi connectivity index (χ4v) is 4.09. The van der Waals surface area contributed by atoms with Gasteiger partial charge >= 0.3 is 6.18 Å². The van der Waals surface area contributed by atoms with Gasteiger partial charge in [0, 0.05) is 16.9 Å². The summed E-state index contributed by atoms with van der Waals surface area (Å²) in [5.41, 5.74) is 0.642. The van der Waals surface area contributed by atoms with Crippen molar-refractivity contribution in [1.29, 1.82) is 0 Å². The van der Waals surface area contributed by atoms with Gasteiger partial charge in [0.15, 0.2) is 0 Å². The molecule has 1 heterocycles. The molecule has 0 aliphatic rings. The first-order valence-corrected chi connectivity index (χ1v) is 11.1. The van der Waals surface area contributed by atoms with Crippen molar-refractivity contribution in [2.75, 3.05) is 5.32 Å². The number of aryl methyl sites for hydroxylation is 1. The number of benzene rings is 3. The van der Waals surface area contributed by atoms with E-state index in [-0.39, 0.29) is 22.8 Å². The highest BCUT2D eigenvalue weighted by Crippen LogP contribution is 2.30. The number of hydrogen-bond donors (Lipinski definition) is 1. The predicted octanol–water partition coefficient (Wildman–Crippen LogP) is 6.57. The maximum absolute atomic E-state index is 13.3. The van der Waals surface area contributed by atoms with Crippen molar-refractivity contribution in [3.63, 3.8) is 0 Å². The van der Waals surface area contributed by atoms with Gasteiger partial charge in [-0.25, -0.2) is 4.68 Å². The van der Waals surface area contributed by atoms with Gasteiger partial charge in [-0.2, -0.15) is 13.2 Å². The summed E-state index contributed by atoms with van der Waals surface area (Å²) in [6.07, 6.45) is -3.11. The number of anilines is 1. The van der Waals surface area contributed by atoms with E-state index >= 15 is 0 Å². The van der Waals surface area contributed by atoms with Gasteiger partial charge in [0.25, 0.3) is 11.5 Å². The molecule has 35 heavy (non-hydrogen) atoms. The smallest absolute Gasteiger partial charge is 0.322 e. The molecule has 0 unspecified atom stereocenters. The number of carbonyl (C=O) groups excluding carboxylic acids is 1. The molecule has 0 aliphatic heterocycles. The number of rotatable bonds is 5. The Hall–Kier alpha value is -3.49. The topological polar surface area (TPSA) is 56.0 Å². The lowest BCUT2D eigenvalue weighted by Gasteiger charge is -2.13. The van der Waals surface area contributed by atoms with E-state index in [1.165, 1.54) is 16.9 Å². The highest BCUT2D eigenvalue weighted by atomic mass is 35.5. The highest BCUT2D eigenvalue weighted by molar-refractivity contribution is 6.35. The summed E-state index contributed by atoms with van der Waals surface area (Å²) in [4.78, 5) is 26.3. The molecule has 1 amide bonds. The normalized spacial score (nSPS) is 11.5. The van der Waals surface area contributed by atoms with Gasteiger partial charge in [-0.1, -0.05) is 53.0 Å². The molecule has 5 nitrogen and oxygen atoms in total. The summed E-state index contributed by atoms with van der Waals surface area (Å²) in [7, 11) is 0. The number of amides is 1. The SMILES string of the molecule is Cc1cccc(Cn2cc(C(=O)Nc3ccc(C(F)(F)F)cc3)c(=O)n2-c2ccc(Cl)cc2Cl)c1. The Morgan fingerprint density at radius 1 is 1.00 bits per heavy atom. The van der Waals surface area contributed by atoms with Crippen LogP contribution in [0.15, 0.2) is 77.7 Å². The molecule has 4 rings (SSSR count). The lowest BCUT2D eigenvalue weighted by molar-refractivity contribution is -0.137. The Balaban J connectivity index is 1.74. The molecule has 0 aliphatic carbocycles. The quantitative estimate of drug-likeness (QED) is 0.324. The zero-order chi connectivity index (χ0) is 25.3. The van der Waals surface area contributed by atoms with Crippen LogP contribution in [0.25, 0.3) is 5.69 Å². The number of carbonyl (C=O) groups is 1. The van der Waals surface area contributed by atoms with Crippen molar-refractivity contribution < 1.29 is 18.0 Å². The highest BCUT2D eigenvalue weighted by Gasteiger charge is 2.30. The van der Waals surface area contributed by atoms with Crippen molar-refractivity contribution in [2.45, 2.75) is 19.6 Å². The minimum Gasteiger partial charge on any atom is -0.322 e. The maximum Gasteiger partial charge on any atom is 0.416 e. The maximum atomic E-state index is 13.3. The van der Waals surface area contributed by atoms with Crippen LogP contribution in [0.1, 0.15) is 27.0 Å². The summed E-state index contributed by atoms with van der Waals surface area (Å²) < 4.78 is 41.3. The largest absolute Gasteiger partial charge is 0.416 e. The summed E-state index contributed by atoms with van der Waals surface area (Å²) in [6.45, 7) is 2.19. The fourth-order valence-electron chi connectivity index (χ4n) is 3.60. The van der Waals surface area contributed by atoms with Gasteiger partial charge in [-0.05, 0) is 55.0 Å². The van der Waals surface area contributed by atoms with E-state index in [1.54, 1.807) is 16.8 Å². The molecule has 0 spiro atoms. The number of nitrogens with zero attached hydrogens (tertiary/aromatic N) is 2. The van der Waals surface area contributed by atoms with Crippen LogP contribution in [0.5, 0.6) is 0 Å². The Bertz CT molecular complexity index is 1460. The van der Waals surface area contributed by atoms with Gasteiger partial charge < -0.3 is 5.32 Å². The second-order valence-corrected chi connectivity index (χ2v) is 8.71. The lowest BCUT2D eigenvalue weighted by Crippen LogP contribution is -2.26. The minimum atomic E-state index is -4.50. The second kappa shape index (κ2) is 9.64. The van der Waals surface area contributed by atoms with Crippen LogP contribution < -0.4 is 10.9 Å². The molecule has 0 fully saturated rings. The fraction of sp³-hybridized carbons (Fsp3) is 0.120. The van der Waals surface area contributed by atoms with E-state index < -0.39 is 23.2 Å². The number of nitrogens with one attached hydrogen (secondary N) is 1.